The molecular weight excluding hydrogens is 168 g/mol. The molecule has 2 rings (SSSR count). The van der Waals surface area contributed by atoms with Gasteiger partial charge in [-0.1, -0.05) is 13.8 Å². The summed E-state index contributed by atoms with van der Waals surface area (Å²) in [5.74, 6) is 0.455. The Morgan fingerprint density at radius 3 is 2.54 bits per heavy atom. The molecule has 2 heterocycles. The van der Waals surface area contributed by atoms with Gasteiger partial charge in [0.1, 0.15) is 5.60 Å². The smallest absolute Gasteiger partial charge is 0.186 e. The molecule has 1 spiro atoms. The monoisotopic (exact) mass is 186 g/mol. The predicted octanol–water partition coefficient (Wildman–Crippen LogP) is 1.56. The molecule has 0 aromatic heterocycles. The molecule has 3 nitrogen and oxygen atoms in total. The molecule has 2 saturated heterocycles. The first-order chi connectivity index (χ1) is 6.24. The van der Waals surface area contributed by atoms with E-state index in [0.717, 1.165) is 19.4 Å². The zero-order chi connectivity index (χ0) is 9.47. The van der Waals surface area contributed by atoms with E-state index >= 15 is 0 Å². The highest BCUT2D eigenvalue weighted by Gasteiger charge is 2.59. The summed E-state index contributed by atoms with van der Waals surface area (Å²) in [5, 5.41) is 0. The maximum Gasteiger partial charge on any atom is 0.186 e. The van der Waals surface area contributed by atoms with Crippen molar-refractivity contribution < 1.29 is 14.2 Å². The highest BCUT2D eigenvalue weighted by atomic mass is 16.7. The topological polar surface area (TPSA) is 27.7 Å². The fraction of sp³-hybridized carbons (Fsp3) is 1.00. The summed E-state index contributed by atoms with van der Waals surface area (Å²) in [6, 6.07) is 0. The van der Waals surface area contributed by atoms with Crippen LogP contribution in [-0.4, -0.2) is 31.7 Å². The number of ether oxygens (including phenoxy) is 3. The first kappa shape index (κ1) is 9.44. The lowest BCUT2D eigenvalue weighted by atomic mass is 9.80. The molecule has 3 heteroatoms. The van der Waals surface area contributed by atoms with Gasteiger partial charge < -0.3 is 14.2 Å². The second-order valence-corrected chi connectivity index (χ2v) is 3.99. The molecule has 13 heavy (non-hydrogen) atoms. The Morgan fingerprint density at radius 2 is 2.23 bits per heavy atom. The zero-order valence-corrected chi connectivity index (χ0v) is 8.58. The molecule has 0 amide bonds. The molecular formula is C10H18O3. The summed E-state index contributed by atoms with van der Waals surface area (Å²) < 4.78 is 16.8. The molecule has 4 atom stereocenters. The van der Waals surface area contributed by atoms with Gasteiger partial charge in [-0.05, 0) is 6.42 Å². The van der Waals surface area contributed by atoms with Crippen molar-refractivity contribution in [3.63, 3.8) is 0 Å². The van der Waals surface area contributed by atoms with E-state index in [0.29, 0.717) is 12.0 Å². The van der Waals surface area contributed by atoms with Crippen LogP contribution in [-0.2, 0) is 14.2 Å². The largest absolute Gasteiger partial charge is 0.369 e. The van der Waals surface area contributed by atoms with E-state index in [2.05, 4.69) is 13.8 Å². The van der Waals surface area contributed by atoms with E-state index in [-0.39, 0.29) is 11.9 Å². The van der Waals surface area contributed by atoms with Crippen LogP contribution >= 0.6 is 0 Å². The SMILES string of the molecule is CC[C@H]1OC(OC)[C@@]2(CCO2)[C@@H]1C. The molecule has 0 aromatic rings. The standard InChI is InChI=1S/C10H18O3/c1-4-8-7(2)10(5-6-12-10)9(11-3)13-8/h7-9H,4-6H2,1-3H3/t7-,8-,9?,10-/m1/s1. The lowest BCUT2D eigenvalue weighted by molar-refractivity contribution is -0.260. The van der Waals surface area contributed by atoms with Crippen molar-refractivity contribution in [2.75, 3.05) is 13.7 Å². The summed E-state index contributed by atoms with van der Waals surface area (Å²) in [7, 11) is 1.69. The molecule has 2 fully saturated rings. The van der Waals surface area contributed by atoms with Crippen LogP contribution in [0.5, 0.6) is 0 Å². The van der Waals surface area contributed by atoms with Gasteiger partial charge in [-0.15, -0.1) is 0 Å². The minimum atomic E-state index is -0.152. The van der Waals surface area contributed by atoms with E-state index in [9.17, 15) is 0 Å². The van der Waals surface area contributed by atoms with Gasteiger partial charge in [-0.2, -0.15) is 0 Å². The Morgan fingerprint density at radius 1 is 1.54 bits per heavy atom. The van der Waals surface area contributed by atoms with Crippen molar-refractivity contribution in [1.29, 1.82) is 0 Å². The van der Waals surface area contributed by atoms with Gasteiger partial charge >= 0.3 is 0 Å². The lowest BCUT2D eigenvalue weighted by Gasteiger charge is -2.44. The van der Waals surface area contributed by atoms with E-state index in [1.54, 1.807) is 7.11 Å². The van der Waals surface area contributed by atoms with E-state index in [4.69, 9.17) is 14.2 Å². The van der Waals surface area contributed by atoms with Crippen LogP contribution in [0.1, 0.15) is 26.7 Å². The van der Waals surface area contributed by atoms with E-state index < -0.39 is 0 Å². The van der Waals surface area contributed by atoms with Crippen LogP contribution in [0.2, 0.25) is 0 Å². The maximum atomic E-state index is 5.78. The average molecular weight is 186 g/mol. The van der Waals surface area contributed by atoms with Crippen LogP contribution < -0.4 is 0 Å². The van der Waals surface area contributed by atoms with Crippen LogP contribution in [0, 0.1) is 5.92 Å². The van der Waals surface area contributed by atoms with Gasteiger partial charge in [0.2, 0.25) is 0 Å². The van der Waals surface area contributed by atoms with Gasteiger partial charge in [-0.3, -0.25) is 0 Å². The van der Waals surface area contributed by atoms with Crippen molar-refractivity contribution in [1.82, 2.24) is 0 Å². The molecule has 2 aliphatic heterocycles. The van der Waals surface area contributed by atoms with Gasteiger partial charge in [-0.25, -0.2) is 0 Å². The van der Waals surface area contributed by atoms with Gasteiger partial charge in [0.05, 0.1) is 12.7 Å². The number of hydrogen-bond donors (Lipinski definition) is 0. The summed E-state index contributed by atoms with van der Waals surface area (Å²) in [6.45, 7) is 5.20. The Kier molecular flexibility index (Phi) is 2.34. The van der Waals surface area contributed by atoms with Gasteiger partial charge in [0.15, 0.2) is 6.29 Å². The molecule has 0 N–H and O–H groups in total. The van der Waals surface area contributed by atoms with Crippen molar-refractivity contribution in [2.45, 2.75) is 44.7 Å². The molecule has 0 bridgehead atoms. The van der Waals surface area contributed by atoms with Crippen molar-refractivity contribution in [3.8, 4) is 0 Å². The normalized spacial score (nSPS) is 49.6. The number of methoxy groups -OCH3 is 1. The number of hydrogen-bond acceptors (Lipinski definition) is 3. The minimum absolute atomic E-state index is 0.130. The van der Waals surface area contributed by atoms with Crippen LogP contribution in [0.15, 0.2) is 0 Å². The lowest BCUT2D eigenvalue weighted by Crippen LogP contribution is -2.55. The molecule has 2 aliphatic rings. The van der Waals surface area contributed by atoms with Gasteiger partial charge in [0, 0.05) is 19.4 Å². The third kappa shape index (κ3) is 1.14. The quantitative estimate of drug-likeness (QED) is 0.655. The molecule has 76 valence electrons. The highest BCUT2D eigenvalue weighted by Crippen LogP contribution is 2.47. The minimum Gasteiger partial charge on any atom is -0.369 e. The molecule has 0 saturated carbocycles. The molecule has 0 aliphatic carbocycles. The van der Waals surface area contributed by atoms with Crippen LogP contribution in [0.3, 0.4) is 0 Å². The van der Waals surface area contributed by atoms with E-state index in [1.165, 1.54) is 0 Å². The first-order valence-corrected chi connectivity index (χ1v) is 5.07. The maximum absolute atomic E-state index is 5.78. The average Bonchev–Trinajstić information content (AvgIpc) is 2.36. The summed E-state index contributed by atoms with van der Waals surface area (Å²) in [5.41, 5.74) is -0.130. The van der Waals surface area contributed by atoms with Crippen LogP contribution in [0.25, 0.3) is 0 Å². The van der Waals surface area contributed by atoms with Crippen LogP contribution in [0.4, 0.5) is 0 Å². The molecule has 1 unspecified atom stereocenters. The predicted molar refractivity (Wildman–Crippen MR) is 48.4 cm³/mol. The third-order valence-corrected chi connectivity index (χ3v) is 3.51. The van der Waals surface area contributed by atoms with Crippen molar-refractivity contribution >= 4 is 0 Å². The number of rotatable bonds is 2. The highest BCUT2D eigenvalue weighted by molar-refractivity contribution is 5.02. The Bertz CT molecular complexity index is 185. The van der Waals surface area contributed by atoms with Crippen molar-refractivity contribution in [2.24, 2.45) is 5.92 Å². The Hall–Kier alpha value is -0.120. The Labute approximate surface area is 79.4 Å². The zero-order valence-electron chi connectivity index (χ0n) is 8.58. The fourth-order valence-corrected chi connectivity index (χ4v) is 2.51. The Balaban J connectivity index is 2.14. The summed E-state index contributed by atoms with van der Waals surface area (Å²) in [6.07, 6.45) is 2.25. The molecule has 0 radical (unpaired) electrons. The molecule has 0 aromatic carbocycles. The fourth-order valence-electron chi connectivity index (χ4n) is 2.51. The first-order valence-electron chi connectivity index (χ1n) is 5.07. The second-order valence-electron chi connectivity index (χ2n) is 3.99. The van der Waals surface area contributed by atoms with Gasteiger partial charge in [0.25, 0.3) is 0 Å². The third-order valence-electron chi connectivity index (χ3n) is 3.51. The van der Waals surface area contributed by atoms with E-state index in [1.807, 2.05) is 0 Å². The summed E-state index contributed by atoms with van der Waals surface area (Å²) >= 11 is 0. The second kappa shape index (κ2) is 3.23. The van der Waals surface area contributed by atoms with Crippen molar-refractivity contribution in [3.05, 3.63) is 0 Å². The summed E-state index contributed by atoms with van der Waals surface area (Å²) in [4.78, 5) is 0.